The molecule has 0 saturated carbocycles. The van der Waals surface area contributed by atoms with Gasteiger partial charge in [-0.25, -0.2) is 0 Å². The highest BCUT2D eigenvalue weighted by molar-refractivity contribution is 5.92. The van der Waals surface area contributed by atoms with Crippen LogP contribution in [0.4, 0.5) is 0 Å². The van der Waals surface area contributed by atoms with Crippen LogP contribution in [0, 0.1) is 6.92 Å². The minimum Gasteiger partial charge on any atom is -0.461 e. The van der Waals surface area contributed by atoms with Gasteiger partial charge in [0.1, 0.15) is 11.5 Å². The minimum atomic E-state index is 0.233. The Kier molecular flexibility index (Phi) is 3.47. The molecule has 0 amide bonds. The largest absolute Gasteiger partial charge is 0.461 e. The normalized spacial score (nSPS) is 14.5. The molecule has 2 aromatic carbocycles. The topological polar surface area (TPSA) is 13.1 Å². The van der Waals surface area contributed by atoms with Gasteiger partial charge in [-0.2, -0.15) is 0 Å². The molecule has 0 aliphatic heterocycles. The van der Waals surface area contributed by atoms with Crippen molar-refractivity contribution in [2.75, 3.05) is 0 Å². The molecule has 0 bridgehead atoms. The second kappa shape index (κ2) is 5.77. The summed E-state index contributed by atoms with van der Waals surface area (Å²) >= 11 is 0. The summed E-state index contributed by atoms with van der Waals surface area (Å²) in [5.41, 5.74) is 2.46. The molecule has 0 N–H and O–H groups in total. The Morgan fingerprint density at radius 3 is 2.30 bits per heavy atom. The Balaban J connectivity index is 2.01. The van der Waals surface area contributed by atoms with Crippen molar-refractivity contribution in [1.29, 1.82) is 0 Å². The summed E-state index contributed by atoms with van der Waals surface area (Å²) in [4.78, 5) is 0. The Morgan fingerprint density at radius 1 is 0.783 bits per heavy atom. The fraction of sp³-hybridized carbons (Fsp3) is 0.0909. The molecule has 0 fully saturated rings. The highest BCUT2D eigenvalue weighted by Gasteiger charge is 2.17. The Hall–Kier alpha value is -2.80. The van der Waals surface area contributed by atoms with E-state index in [1.165, 1.54) is 16.3 Å². The Labute approximate surface area is 136 Å². The van der Waals surface area contributed by atoms with Crippen LogP contribution in [-0.2, 0) is 0 Å². The van der Waals surface area contributed by atoms with Crippen LogP contribution in [0.3, 0.4) is 0 Å². The number of furan rings is 1. The van der Waals surface area contributed by atoms with E-state index in [9.17, 15) is 0 Å². The van der Waals surface area contributed by atoms with Crippen LogP contribution in [-0.4, -0.2) is 0 Å². The Morgan fingerprint density at radius 2 is 1.57 bits per heavy atom. The van der Waals surface area contributed by atoms with Gasteiger partial charge in [0.05, 0.1) is 0 Å². The molecule has 0 unspecified atom stereocenters. The van der Waals surface area contributed by atoms with Crippen molar-refractivity contribution in [3.63, 3.8) is 0 Å². The van der Waals surface area contributed by atoms with Crippen molar-refractivity contribution in [2.45, 2.75) is 12.8 Å². The molecule has 0 spiro atoms. The second-order valence-corrected chi connectivity index (χ2v) is 5.84. The van der Waals surface area contributed by atoms with Crippen LogP contribution < -0.4 is 0 Å². The summed E-state index contributed by atoms with van der Waals surface area (Å²) in [6.07, 6.45) is 12.8. The predicted octanol–water partition coefficient (Wildman–Crippen LogP) is 6.17. The lowest BCUT2D eigenvalue weighted by atomic mass is 9.87. The van der Waals surface area contributed by atoms with E-state index in [1.807, 2.05) is 13.0 Å². The van der Waals surface area contributed by atoms with Crippen LogP contribution in [0.15, 0.2) is 89.4 Å². The summed E-state index contributed by atoms with van der Waals surface area (Å²) in [6, 6.07) is 17.0. The lowest BCUT2D eigenvalue weighted by Crippen LogP contribution is -1.96. The zero-order valence-corrected chi connectivity index (χ0v) is 13.1. The van der Waals surface area contributed by atoms with Gasteiger partial charge in [-0.15, -0.1) is 0 Å². The molecule has 4 rings (SSSR count). The van der Waals surface area contributed by atoms with E-state index in [2.05, 4.69) is 78.9 Å². The molecule has 0 saturated heterocycles. The first kappa shape index (κ1) is 13.8. The molecule has 23 heavy (non-hydrogen) atoms. The van der Waals surface area contributed by atoms with Crippen LogP contribution in [0.5, 0.6) is 0 Å². The van der Waals surface area contributed by atoms with E-state index in [0.717, 1.165) is 17.1 Å². The van der Waals surface area contributed by atoms with Gasteiger partial charge >= 0.3 is 0 Å². The van der Waals surface area contributed by atoms with Gasteiger partial charge in [-0.1, -0.05) is 72.9 Å². The van der Waals surface area contributed by atoms with E-state index in [0.29, 0.717) is 0 Å². The summed E-state index contributed by atoms with van der Waals surface area (Å²) in [5, 5.41) is 2.54. The van der Waals surface area contributed by atoms with Gasteiger partial charge in [-0.05, 0) is 35.4 Å². The second-order valence-electron chi connectivity index (χ2n) is 5.84. The molecule has 1 heteroatoms. The molecule has 112 valence electrons. The van der Waals surface area contributed by atoms with Gasteiger partial charge in [-0.3, -0.25) is 0 Å². The first-order chi connectivity index (χ1) is 11.3. The van der Waals surface area contributed by atoms with E-state index in [1.54, 1.807) is 0 Å². The van der Waals surface area contributed by atoms with Crippen molar-refractivity contribution in [3.8, 4) is 11.3 Å². The van der Waals surface area contributed by atoms with Gasteiger partial charge in [0.2, 0.25) is 0 Å². The third kappa shape index (κ3) is 2.55. The zero-order chi connectivity index (χ0) is 15.6. The lowest BCUT2D eigenvalue weighted by Gasteiger charge is -2.16. The van der Waals surface area contributed by atoms with Gasteiger partial charge in [0.15, 0.2) is 0 Å². The summed E-state index contributed by atoms with van der Waals surface area (Å²) in [5.74, 6) is 2.10. The maximum atomic E-state index is 5.92. The van der Waals surface area contributed by atoms with Crippen LogP contribution >= 0.6 is 0 Å². The summed E-state index contributed by atoms with van der Waals surface area (Å²) in [6.45, 7) is 1.99. The lowest BCUT2D eigenvalue weighted by molar-refractivity contribution is 0.548. The van der Waals surface area contributed by atoms with E-state index >= 15 is 0 Å². The van der Waals surface area contributed by atoms with Crippen LogP contribution in [0.25, 0.3) is 22.1 Å². The number of allylic oxidation sites excluding steroid dienone is 6. The van der Waals surface area contributed by atoms with Crippen LogP contribution in [0.1, 0.15) is 17.2 Å². The van der Waals surface area contributed by atoms with Gasteiger partial charge in [0, 0.05) is 11.5 Å². The standard InChI is InChI=1S/C22H18O/c1-16-12-15-21(23-16)20-14-13-17-8-6-7-11-19(17)22(20)18-9-4-2-3-5-10-18/h2-15,18H,1H3. The number of rotatable bonds is 2. The van der Waals surface area contributed by atoms with Crippen molar-refractivity contribution in [2.24, 2.45) is 0 Å². The average Bonchev–Trinajstić information content (AvgIpc) is 2.84. The number of hydrogen-bond acceptors (Lipinski definition) is 1. The highest BCUT2D eigenvalue weighted by atomic mass is 16.3. The molecule has 1 heterocycles. The van der Waals surface area contributed by atoms with Crippen molar-refractivity contribution in [1.82, 2.24) is 0 Å². The highest BCUT2D eigenvalue weighted by Crippen LogP contribution is 2.37. The quantitative estimate of drug-likeness (QED) is 0.551. The molecule has 1 nitrogen and oxygen atoms in total. The SMILES string of the molecule is Cc1ccc(-c2ccc3ccccc3c2C2C=CC=CC=C2)o1. The number of hydrogen-bond donors (Lipinski definition) is 0. The number of aryl methyl sites for hydroxylation is 1. The van der Waals surface area contributed by atoms with E-state index in [-0.39, 0.29) is 5.92 Å². The molecular weight excluding hydrogens is 280 g/mol. The molecular formula is C22H18O. The fourth-order valence-electron chi connectivity index (χ4n) is 3.20. The first-order valence-corrected chi connectivity index (χ1v) is 7.93. The summed E-state index contributed by atoms with van der Waals surface area (Å²) < 4.78 is 5.92. The molecule has 1 aliphatic carbocycles. The monoisotopic (exact) mass is 298 g/mol. The molecule has 0 radical (unpaired) electrons. The summed E-state index contributed by atoms with van der Waals surface area (Å²) in [7, 11) is 0. The smallest absolute Gasteiger partial charge is 0.134 e. The van der Waals surface area contributed by atoms with E-state index in [4.69, 9.17) is 4.42 Å². The molecule has 1 aromatic heterocycles. The average molecular weight is 298 g/mol. The van der Waals surface area contributed by atoms with Crippen molar-refractivity contribution in [3.05, 3.63) is 96.3 Å². The molecule has 1 aliphatic rings. The zero-order valence-electron chi connectivity index (χ0n) is 13.1. The predicted molar refractivity (Wildman–Crippen MR) is 96.5 cm³/mol. The Bertz CT molecular complexity index is 922. The maximum Gasteiger partial charge on any atom is 0.134 e. The molecule has 0 atom stereocenters. The van der Waals surface area contributed by atoms with Crippen molar-refractivity contribution >= 4 is 10.8 Å². The third-order valence-electron chi connectivity index (χ3n) is 4.28. The minimum absolute atomic E-state index is 0.233. The van der Waals surface area contributed by atoms with E-state index < -0.39 is 0 Å². The van der Waals surface area contributed by atoms with Gasteiger partial charge in [0.25, 0.3) is 0 Å². The first-order valence-electron chi connectivity index (χ1n) is 7.93. The number of fused-ring (bicyclic) bond motifs is 1. The van der Waals surface area contributed by atoms with Crippen LogP contribution in [0.2, 0.25) is 0 Å². The van der Waals surface area contributed by atoms with Crippen molar-refractivity contribution < 1.29 is 4.42 Å². The number of benzene rings is 2. The van der Waals surface area contributed by atoms with Gasteiger partial charge < -0.3 is 4.42 Å². The fourth-order valence-corrected chi connectivity index (χ4v) is 3.20. The maximum absolute atomic E-state index is 5.92. The third-order valence-corrected chi connectivity index (χ3v) is 4.28. The molecule has 3 aromatic rings.